The summed E-state index contributed by atoms with van der Waals surface area (Å²) in [7, 11) is 0. The Hall–Kier alpha value is -2.49. The number of hydroxylamine groups is 2. The molecule has 3 rings (SSSR count). The SMILES string of the molecule is O=C(CCN([O-])O)NC1CCN2C(=O)C(Cc3ccccc3)NC(=O)C12. The third kappa shape index (κ3) is 4.01. The van der Waals surface area contributed by atoms with Gasteiger partial charge in [0.2, 0.25) is 17.7 Å². The third-order valence-electron chi connectivity index (χ3n) is 4.72. The van der Waals surface area contributed by atoms with Gasteiger partial charge < -0.3 is 25.9 Å². The molecule has 9 heteroatoms. The molecule has 3 unspecified atom stereocenters. The lowest BCUT2D eigenvalue weighted by Gasteiger charge is -2.36. The van der Waals surface area contributed by atoms with Gasteiger partial charge >= 0.3 is 0 Å². The highest BCUT2D eigenvalue weighted by molar-refractivity contribution is 5.98. The topological polar surface area (TPSA) is 125 Å². The zero-order valence-corrected chi connectivity index (χ0v) is 14.1. The molecule has 0 bridgehead atoms. The maximum Gasteiger partial charge on any atom is 0.246 e. The summed E-state index contributed by atoms with van der Waals surface area (Å²) in [6.07, 6.45) is 0.699. The fraction of sp³-hybridized carbons (Fsp3) is 0.471. The van der Waals surface area contributed by atoms with E-state index in [2.05, 4.69) is 10.6 Å². The Morgan fingerprint density at radius 2 is 2.08 bits per heavy atom. The summed E-state index contributed by atoms with van der Waals surface area (Å²) in [6.45, 7) is 0.0397. The molecule has 0 aromatic heterocycles. The zero-order chi connectivity index (χ0) is 18.7. The Morgan fingerprint density at radius 1 is 1.35 bits per heavy atom. The van der Waals surface area contributed by atoms with Crippen LogP contribution < -0.4 is 10.6 Å². The van der Waals surface area contributed by atoms with E-state index < -0.39 is 24.0 Å². The van der Waals surface area contributed by atoms with Gasteiger partial charge in [-0.25, -0.2) is 0 Å². The zero-order valence-electron chi connectivity index (χ0n) is 14.1. The van der Waals surface area contributed by atoms with Crippen LogP contribution in [0.4, 0.5) is 0 Å². The Bertz CT molecular complexity index is 681. The summed E-state index contributed by atoms with van der Waals surface area (Å²) in [5, 5.41) is 24.2. The number of piperazine rings is 1. The van der Waals surface area contributed by atoms with E-state index in [1.165, 1.54) is 4.90 Å². The van der Waals surface area contributed by atoms with Crippen molar-refractivity contribution in [2.24, 2.45) is 0 Å². The minimum atomic E-state index is -0.740. The molecule has 2 aliphatic rings. The first-order valence-corrected chi connectivity index (χ1v) is 8.53. The van der Waals surface area contributed by atoms with Gasteiger partial charge in [-0.1, -0.05) is 30.3 Å². The van der Waals surface area contributed by atoms with Gasteiger partial charge in [0.1, 0.15) is 12.1 Å². The largest absolute Gasteiger partial charge is 0.762 e. The van der Waals surface area contributed by atoms with Crippen molar-refractivity contribution in [2.45, 2.75) is 37.4 Å². The highest BCUT2D eigenvalue weighted by atomic mass is 16.8. The molecule has 0 saturated carbocycles. The fourth-order valence-electron chi connectivity index (χ4n) is 3.50. The molecule has 26 heavy (non-hydrogen) atoms. The molecule has 1 aromatic carbocycles. The molecule has 2 fully saturated rings. The average molecular weight is 361 g/mol. The molecule has 1 aromatic rings. The van der Waals surface area contributed by atoms with Gasteiger partial charge in [-0.15, -0.1) is 0 Å². The second-order valence-electron chi connectivity index (χ2n) is 6.52. The van der Waals surface area contributed by atoms with E-state index in [-0.39, 0.29) is 30.0 Å². The van der Waals surface area contributed by atoms with Crippen molar-refractivity contribution in [2.75, 3.05) is 13.1 Å². The van der Waals surface area contributed by atoms with E-state index >= 15 is 0 Å². The molecular weight excluding hydrogens is 340 g/mol. The first kappa shape index (κ1) is 18.3. The molecule has 3 atom stereocenters. The van der Waals surface area contributed by atoms with E-state index in [1.54, 1.807) is 0 Å². The summed E-state index contributed by atoms with van der Waals surface area (Å²) in [5.74, 6) is -0.893. The van der Waals surface area contributed by atoms with Crippen LogP contribution in [0.3, 0.4) is 0 Å². The summed E-state index contributed by atoms with van der Waals surface area (Å²) >= 11 is 0. The van der Waals surface area contributed by atoms with E-state index in [0.29, 0.717) is 19.4 Å². The van der Waals surface area contributed by atoms with E-state index in [4.69, 9.17) is 5.21 Å². The second-order valence-corrected chi connectivity index (χ2v) is 6.52. The number of benzene rings is 1. The van der Waals surface area contributed by atoms with Crippen LogP contribution in [0, 0.1) is 5.21 Å². The van der Waals surface area contributed by atoms with Crippen LogP contribution in [0.15, 0.2) is 30.3 Å². The van der Waals surface area contributed by atoms with Gasteiger partial charge in [-0.05, 0) is 12.0 Å². The molecule has 9 nitrogen and oxygen atoms in total. The molecular formula is C17H21N4O5-. The molecule has 3 N–H and O–H groups in total. The predicted octanol–water partition coefficient (Wildman–Crippen LogP) is -0.608. The van der Waals surface area contributed by atoms with Crippen LogP contribution in [0.25, 0.3) is 0 Å². The lowest BCUT2D eigenvalue weighted by molar-refractivity contribution is -0.147. The van der Waals surface area contributed by atoms with Crippen molar-refractivity contribution in [3.8, 4) is 0 Å². The normalized spacial score (nSPS) is 25.2. The van der Waals surface area contributed by atoms with E-state index in [1.807, 2.05) is 30.3 Å². The molecule has 0 aliphatic carbocycles. The molecule has 3 amide bonds. The molecule has 2 aliphatic heterocycles. The number of rotatable bonds is 6. The fourth-order valence-corrected chi connectivity index (χ4v) is 3.50. The number of carbonyl (C=O) groups excluding carboxylic acids is 3. The van der Waals surface area contributed by atoms with Gasteiger partial charge in [0.05, 0.1) is 6.04 Å². The van der Waals surface area contributed by atoms with Crippen LogP contribution in [-0.2, 0) is 20.8 Å². The molecule has 2 saturated heterocycles. The maximum absolute atomic E-state index is 12.7. The van der Waals surface area contributed by atoms with Crippen molar-refractivity contribution in [1.82, 2.24) is 20.8 Å². The van der Waals surface area contributed by atoms with Crippen molar-refractivity contribution in [1.29, 1.82) is 0 Å². The highest BCUT2D eigenvalue weighted by Crippen LogP contribution is 2.24. The second kappa shape index (κ2) is 7.81. The minimum Gasteiger partial charge on any atom is -0.762 e. The Morgan fingerprint density at radius 3 is 2.77 bits per heavy atom. The number of hydrogen-bond acceptors (Lipinski definition) is 6. The summed E-state index contributed by atoms with van der Waals surface area (Å²) < 4.78 is 0. The smallest absolute Gasteiger partial charge is 0.246 e. The molecule has 2 heterocycles. The van der Waals surface area contributed by atoms with Gasteiger partial charge in [-0.3, -0.25) is 19.6 Å². The summed E-state index contributed by atoms with van der Waals surface area (Å²) in [6, 6.07) is 7.60. The Balaban J connectivity index is 1.62. The third-order valence-corrected chi connectivity index (χ3v) is 4.72. The van der Waals surface area contributed by atoms with Crippen molar-refractivity contribution in [3.05, 3.63) is 41.1 Å². The number of carbonyl (C=O) groups is 3. The first-order chi connectivity index (χ1) is 12.5. The van der Waals surface area contributed by atoms with Gasteiger partial charge in [0.15, 0.2) is 0 Å². The Kier molecular flexibility index (Phi) is 5.50. The van der Waals surface area contributed by atoms with Gasteiger partial charge in [0.25, 0.3) is 0 Å². The quantitative estimate of drug-likeness (QED) is 0.581. The molecule has 0 radical (unpaired) electrons. The minimum absolute atomic E-state index is 0.156. The van der Waals surface area contributed by atoms with Crippen molar-refractivity contribution >= 4 is 17.7 Å². The number of fused-ring (bicyclic) bond motifs is 1. The van der Waals surface area contributed by atoms with E-state index in [0.717, 1.165) is 5.56 Å². The lowest BCUT2D eigenvalue weighted by atomic mass is 9.99. The van der Waals surface area contributed by atoms with Gasteiger partial charge in [-0.2, -0.15) is 0 Å². The number of amides is 3. The number of hydrogen-bond donors (Lipinski definition) is 3. The molecule has 0 spiro atoms. The summed E-state index contributed by atoms with van der Waals surface area (Å²) in [5.41, 5.74) is 0.958. The summed E-state index contributed by atoms with van der Waals surface area (Å²) in [4.78, 5) is 38.6. The monoisotopic (exact) mass is 361 g/mol. The Labute approximate surface area is 150 Å². The van der Waals surface area contributed by atoms with Crippen LogP contribution in [-0.4, -0.2) is 64.3 Å². The maximum atomic E-state index is 12.7. The molecule has 140 valence electrons. The lowest BCUT2D eigenvalue weighted by Crippen LogP contribution is -2.65. The first-order valence-electron chi connectivity index (χ1n) is 8.53. The van der Waals surface area contributed by atoms with Crippen LogP contribution in [0.1, 0.15) is 18.4 Å². The van der Waals surface area contributed by atoms with Crippen LogP contribution in [0.5, 0.6) is 0 Å². The van der Waals surface area contributed by atoms with Crippen LogP contribution >= 0.6 is 0 Å². The standard InChI is InChI=1S/C17H21N4O5/c22-14(7-9-21(25)26)18-12-6-8-20-15(12)16(23)19-13(17(20)24)10-11-4-2-1-3-5-11/h1-5,12-13,15,25H,6-10H2,(H,18,22)(H,19,23)/q-1. The number of nitrogens with zero attached hydrogens (tertiary/aromatic N) is 2. The average Bonchev–Trinajstić information content (AvgIpc) is 3.03. The highest BCUT2D eigenvalue weighted by Gasteiger charge is 2.48. The van der Waals surface area contributed by atoms with Crippen molar-refractivity contribution < 1.29 is 19.6 Å². The predicted molar refractivity (Wildman–Crippen MR) is 90.6 cm³/mol. The van der Waals surface area contributed by atoms with Gasteiger partial charge in [0, 0.05) is 25.9 Å². The number of nitrogens with one attached hydrogen (secondary N) is 2. The van der Waals surface area contributed by atoms with E-state index in [9.17, 15) is 19.6 Å². The van der Waals surface area contributed by atoms with Crippen LogP contribution in [0.2, 0.25) is 0 Å². The van der Waals surface area contributed by atoms with Crippen molar-refractivity contribution in [3.63, 3.8) is 0 Å².